The van der Waals surface area contributed by atoms with E-state index in [0.717, 1.165) is 11.1 Å². The van der Waals surface area contributed by atoms with Crippen LogP contribution in [-0.2, 0) is 20.7 Å². The maximum atomic E-state index is 11.4. The number of ether oxygens (including phenoxy) is 2. The van der Waals surface area contributed by atoms with E-state index in [4.69, 9.17) is 4.74 Å². The van der Waals surface area contributed by atoms with E-state index in [9.17, 15) is 9.59 Å². The highest BCUT2D eigenvalue weighted by Gasteiger charge is 2.09. The molecule has 0 saturated carbocycles. The van der Waals surface area contributed by atoms with E-state index in [2.05, 4.69) is 4.74 Å². The third kappa shape index (κ3) is 4.20. The van der Waals surface area contributed by atoms with E-state index in [1.54, 1.807) is 19.1 Å². The van der Waals surface area contributed by atoms with E-state index < -0.39 is 0 Å². The van der Waals surface area contributed by atoms with Crippen molar-refractivity contribution in [3.8, 4) is 0 Å². The fourth-order valence-electron chi connectivity index (χ4n) is 1.72. The Balaban J connectivity index is 2.74. The van der Waals surface area contributed by atoms with Gasteiger partial charge in [-0.25, -0.2) is 4.79 Å². The van der Waals surface area contributed by atoms with Crippen LogP contribution in [0.1, 0.15) is 34.8 Å². The number of aryl methyl sites for hydroxylation is 2. The Kier molecular flexibility index (Phi) is 5.36. The van der Waals surface area contributed by atoms with Crippen LogP contribution in [0.15, 0.2) is 18.2 Å². The maximum Gasteiger partial charge on any atom is 0.337 e. The second-order valence-electron chi connectivity index (χ2n) is 4.00. The standard InChI is InChI=1S/C14H18O4/c1-4-18-13(15)6-5-11-7-10(2)8-12(9-11)14(16)17-3/h7-9H,4-6H2,1-3H3. The lowest BCUT2D eigenvalue weighted by atomic mass is 10.0. The molecule has 18 heavy (non-hydrogen) atoms. The summed E-state index contributed by atoms with van der Waals surface area (Å²) in [5, 5.41) is 0. The van der Waals surface area contributed by atoms with E-state index >= 15 is 0 Å². The highest BCUT2D eigenvalue weighted by Crippen LogP contribution is 2.13. The van der Waals surface area contributed by atoms with Crippen molar-refractivity contribution in [1.29, 1.82) is 0 Å². The zero-order chi connectivity index (χ0) is 13.5. The third-order valence-electron chi connectivity index (χ3n) is 2.48. The van der Waals surface area contributed by atoms with Gasteiger partial charge in [0, 0.05) is 6.42 Å². The minimum Gasteiger partial charge on any atom is -0.466 e. The number of benzene rings is 1. The summed E-state index contributed by atoms with van der Waals surface area (Å²) in [7, 11) is 1.35. The number of hydrogen-bond donors (Lipinski definition) is 0. The SMILES string of the molecule is CCOC(=O)CCc1cc(C)cc(C(=O)OC)c1. The quantitative estimate of drug-likeness (QED) is 0.752. The molecule has 1 aromatic rings. The van der Waals surface area contributed by atoms with Gasteiger partial charge in [0.2, 0.25) is 0 Å². The number of rotatable bonds is 5. The molecule has 0 bridgehead atoms. The molecule has 0 aliphatic heterocycles. The summed E-state index contributed by atoms with van der Waals surface area (Å²) >= 11 is 0. The number of methoxy groups -OCH3 is 1. The molecule has 1 aromatic carbocycles. The Morgan fingerprint density at radius 3 is 2.56 bits per heavy atom. The zero-order valence-corrected chi connectivity index (χ0v) is 11.0. The molecule has 0 heterocycles. The first-order valence-electron chi connectivity index (χ1n) is 5.91. The lowest BCUT2D eigenvalue weighted by Crippen LogP contribution is -2.06. The average molecular weight is 250 g/mol. The van der Waals surface area contributed by atoms with Crippen molar-refractivity contribution >= 4 is 11.9 Å². The summed E-state index contributed by atoms with van der Waals surface area (Å²) < 4.78 is 9.54. The molecule has 0 aliphatic carbocycles. The highest BCUT2D eigenvalue weighted by atomic mass is 16.5. The molecule has 4 heteroatoms. The Hall–Kier alpha value is -1.84. The predicted molar refractivity (Wildman–Crippen MR) is 67.5 cm³/mol. The van der Waals surface area contributed by atoms with Crippen LogP contribution < -0.4 is 0 Å². The first kappa shape index (κ1) is 14.2. The smallest absolute Gasteiger partial charge is 0.337 e. The molecule has 0 spiro atoms. The zero-order valence-electron chi connectivity index (χ0n) is 11.0. The monoisotopic (exact) mass is 250 g/mol. The number of carbonyl (C=O) groups is 2. The van der Waals surface area contributed by atoms with Crippen molar-refractivity contribution in [2.75, 3.05) is 13.7 Å². The third-order valence-corrected chi connectivity index (χ3v) is 2.48. The molecule has 0 amide bonds. The van der Waals surface area contributed by atoms with Gasteiger partial charge in [0.05, 0.1) is 19.3 Å². The molecule has 0 aromatic heterocycles. The minimum absolute atomic E-state index is 0.223. The van der Waals surface area contributed by atoms with Gasteiger partial charge in [-0.05, 0) is 38.0 Å². The largest absolute Gasteiger partial charge is 0.466 e. The maximum absolute atomic E-state index is 11.4. The van der Waals surface area contributed by atoms with Crippen LogP contribution in [0.5, 0.6) is 0 Å². The highest BCUT2D eigenvalue weighted by molar-refractivity contribution is 5.89. The van der Waals surface area contributed by atoms with Gasteiger partial charge in [0.15, 0.2) is 0 Å². The number of carbonyl (C=O) groups excluding carboxylic acids is 2. The summed E-state index contributed by atoms with van der Waals surface area (Å²) in [6.07, 6.45) is 0.877. The van der Waals surface area contributed by atoms with Crippen LogP contribution in [0.25, 0.3) is 0 Å². The molecule has 4 nitrogen and oxygen atoms in total. The molecule has 1 rings (SSSR count). The van der Waals surface area contributed by atoms with Crippen molar-refractivity contribution in [3.05, 3.63) is 34.9 Å². The summed E-state index contributed by atoms with van der Waals surface area (Å²) in [6.45, 7) is 4.07. The normalized spacial score (nSPS) is 9.94. The van der Waals surface area contributed by atoms with Crippen molar-refractivity contribution < 1.29 is 19.1 Å². The van der Waals surface area contributed by atoms with E-state index in [0.29, 0.717) is 25.0 Å². The predicted octanol–water partition coefficient (Wildman–Crippen LogP) is 2.28. The Labute approximate surface area is 107 Å². The average Bonchev–Trinajstić information content (AvgIpc) is 2.35. The van der Waals surface area contributed by atoms with Crippen LogP contribution in [0.4, 0.5) is 0 Å². The van der Waals surface area contributed by atoms with Gasteiger partial charge in [0.1, 0.15) is 0 Å². The molecular weight excluding hydrogens is 232 g/mol. The van der Waals surface area contributed by atoms with E-state index in [-0.39, 0.29) is 11.9 Å². The first-order chi connectivity index (χ1) is 8.56. The van der Waals surface area contributed by atoms with Crippen molar-refractivity contribution in [1.82, 2.24) is 0 Å². The minimum atomic E-state index is -0.365. The molecule has 0 atom stereocenters. The fourth-order valence-corrected chi connectivity index (χ4v) is 1.72. The summed E-state index contributed by atoms with van der Waals surface area (Å²) in [5.74, 6) is -0.588. The molecule has 0 unspecified atom stereocenters. The number of esters is 2. The second-order valence-corrected chi connectivity index (χ2v) is 4.00. The Morgan fingerprint density at radius 2 is 1.94 bits per heavy atom. The van der Waals surface area contributed by atoms with E-state index in [1.165, 1.54) is 7.11 Å². The fraction of sp³-hybridized carbons (Fsp3) is 0.429. The van der Waals surface area contributed by atoms with Crippen LogP contribution >= 0.6 is 0 Å². The van der Waals surface area contributed by atoms with Gasteiger partial charge < -0.3 is 9.47 Å². The molecule has 98 valence electrons. The molecule has 0 N–H and O–H groups in total. The van der Waals surface area contributed by atoms with Gasteiger partial charge in [-0.1, -0.05) is 11.6 Å². The summed E-state index contributed by atoms with van der Waals surface area (Å²) in [4.78, 5) is 22.7. The molecule has 0 fully saturated rings. The van der Waals surface area contributed by atoms with Gasteiger partial charge >= 0.3 is 11.9 Å². The van der Waals surface area contributed by atoms with Crippen LogP contribution in [-0.4, -0.2) is 25.7 Å². The molecule has 0 aliphatic rings. The van der Waals surface area contributed by atoms with Crippen molar-refractivity contribution in [3.63, 3.8) is 0 Å². The van der Waals surface area contributed by atoms with Crippen LogP contribution in [0.3, 0.4) is 0 Å². The van der Waals surface area contributed by atoms with Crippen LogP contribution in [0.2, 0.25) is 0 Å². The van der Waals surface area contributed by atoms with Crippen molar-refractivity contribution in [2.24, 2.45) is 0 Å². The molecule has 0 saturated heterocycles. The molecular formula is C14H18O4. The van der Waals surface area contributed by atoms with Gasteiger partial charge in [-0.15, -0.1) is 0 Å². The van der Waals surface area contributed by atoms with Gasteiger partial charge in [-0.2, -0.15) is 0 Å². The number of hydrogen-bond acceptors (Lipinski definition) is 4. The summed E-state index contributed by atoms with van der Waals surface area (Å²) in [6, 6.07) is 5.46. The van der Waals surface area contributed by atoms with E-state index in [1.807, 2.05) is 13.0 Å². The van der Waals surface area contributed by atoms with Crippen LogP contribution in [0, 0.1) is 6.92 Å². The van der Waals surface area contributed by atoms with Crippen molar-refractivity contribution in [2.45, 2.75) is 26.7 Å². The lowest BCUT2D eigenvalue weighted by Gasteiger charge is -2.06. The van der Waals surface area contributed by atoms with Gasteiger partial charge in [0.25, 0.3) is 0 Å². The second kappa shape index (κ2) is 6.79. The first-order valence-corrected chi connectivity index (χ1v) is 5.91. The topological polar surface area (TPSA) is 52.6 Å². The molecule has 0 radical (unpaired) electrons. The van der Waals surface area contributed by atoms with Gasteiger partial charge in [-0.3, -0.25) is 4.79 Å². The Morgan fingerprint density at radius 1 is 1.22 bits per heavy atom. The lowest BCUT2D eigenvalue weighted by molar-refractivity contribution is -0.143. The summed E-state index contributed by atoms with van der Waals surface area (Å²) in [5.41, 5.74) is 2.41. The Bertz CT molecular complexity index is 437.